The second kappa shape index (κ2) is 14.9. The number of rotatable bonds is 12. The van der Waals surface area contributed by atoms with Crippen LogP contribution in [0.15, 0.2) is 66.9 Å². The Hall–Kier alpha value is -4.02. The molecule has 9 nitrogen and oxygen atoms in total. The molecule has 1 saturated heterocycles. The minimum atomic E-state index is -1.16. The Morgan fingerprint density at radius 1 is 0.977 bits per heavy atom. The molecule has 0 bridgehead atoms. The highest BCUT2D eigenvalue weighted by molar-refractivity contribution is 6.35. The van der Waals surface area contributed by atoms with Gasteiger partial charge in [-0.3, -0.25) is 24.2 Å². The molecule has 2 heterocycles. The SMILES string of the molecule is NC(=O)CN(CCc1ccccn1)C(=O)C1CC(=O)N(CCc2ccc(Cl)cc2Cl)CC(=O)N1CCc1ccc(F)cc1. The van der Waals surface area contributed by atoms with Gasteiger partial charge in [-0.25, -0.2) is 4.39 Å². The van der Waals surface area contributed by atoms with E-state index in [-0.39, 0.29) is 50.9 Å². The lowest BCUT2D eigenvalue weighted by Gasteiger charge is -2.32. The normalized spacial score (nSPS) is 15.4. The van der Waals surface area contributed by atoms with Crippen LogP contribution in [-0.4, -0.2) is 82.1 Å². The fourth-order valence-electron chi connectivity index (χ4n) is 4.97. The molecule has 1 unspecified atom stereocenters. The van der Waals surface area contributed by atoms with Gasteiger partial charge in [0.15, 0.2) is 0 Å². The van der Waals surface area contributed by atoms with E-state index in [2.05, 4.69) is 4.98 Å². The van der Waals surface area contributed by atoms with Crippen LogP contribution in [0.4, 0.5) is 4.39 Å². The number of amides is 4. The van der Waals surface area contributed by atoms with E-state index in [1.165, 1.54) is 26.8 Å². The summed E-state index contributed by atoms with van der Waals surface area (Å²) in [5.41, 5.74) is 7.71. The average Bonchev–Trinajstić information content (AvgIpc) is 3.09. The third-order valence-corrected chi connectivity index (χ3v) is 7.86. The van der Waals surface area contributed by atoms with E-state index in [0.717, 1.165) is 11.1 Å². The minimum Gasteiger partial charge on any atom is -0.368 e. The van der Waals surface area contributed by atoms with Gasteiger partial charge in [-0.1, -0.05) is 47.5 Å². The lowest BCUT2D eigenvalue weighted by atomic mass is 10.1. The highest BCUT2D eigenvalue weighted by Gasteiger charge is 2.39. The van der Waals surface area contributed by atoms with Crippen LogP contribution in [0.5, 0.6) is 0 Å². The van der Waals surface area contributed by atoms with Crippen molar-refractivity contribution in [3.05, 3.63) is 99.5 Å². The van der Waals surface area contributed by atoms with E-state index in [1.807, 2.05) is 6.07 Å². The van der Waals surface area contributed by atoms with Crippen molar-refractivity contribution in [3.8, 4) is 0 Å². The second-order valence-electron chi connectivity index (χ2n) is 10.3. The lowest BCUT2D eigenvalue weighted by molar-refractivity contribution is -0.146. The molecule has 0 spiro atoms. The van der Waals surface area contributed by atoms with Crippen LogP contribution in [0.3, 0.4) is 0 Å². The molecule has 4 amide bonds. The molecule has 1 fully saturated rings. The Labute approximate surface area is 259 Å². The van der Waals surface area contributed by atoms with Crippen molar-refractivity contribution in [2.24, 2.45) is 5.73 Å². The summed E-state index contributed by atoms with van der Waals surface area (Å²) < 4.78 is 13.5. The van der Waals surface area contributed by atoms with Crippen molar-refractivity contribution < 1.29 is 23.6 Å². The first-order valence-corrected chi connectivity index (χ1v) is 14.6. The molecular weight excluding hydrogens is 596 g/mol. The molecule has 2 aromatic carbocycles. The van der Waals surface area contributed by atoms with Crippen molar-refractivity contribution in [2.75, 3.05) is 32.7 Å². The topological polar surface area (TPSA) is 117 Å². The summed E-state index contributed by atoms with van der Waals surface area (Å²) in [4.78, 5) is 61.4. The number of carbonyl (C=O) groups is 4. The minimum absolute atomic E-state index is 0.107. The summed E-state index contributed by atoms with van der Waals surface area (Å²) in [6.07, 6.45) is 2.40. The quantitative estimate of drug-likeness (QED) is 0.331. The van der Waals surface area contributed by atoms with E-state index in [1.54, 1.807) is 48.7 Å². The van der Waals surface area contributed by atoms with Gasteiger partial charge in [-0.2, -0.15) is 0 Å². The molecule has 1 aliphatic heterocycles. The molecule has 0 saturated carbocycles. The predicted octanol–water partition coefficient (Wildman–Crippen LogP) is 3.30. The van der Waals surface area contributed by atoms with Gasteiger partial charge >= 0.3 is 0 Å². The molecule has 2 N–H and O–H groups in total. The maximum absolute atomic E-state index is 14.0. The van der Waals surface area contributed by atoms with E-state index in [0.29, 0.717) is 35.0 Å². The third-order valence-electron chi connectivity index (χ3n) is 7.27. The Balaban J connectivity index is 1.57. The Bertz CT molecular complexity index is 1460. The summed E-state index contributed by atoms with van der Waals surface area (Å²) in [6.45, 7) is -0.197. The first kappa shape index (κ1) is 31.9. The number of hydrogen-bond donors (Lipinski definition) is 1. The first-order chi connectivity index (χ1) is 20.6. The van der Waals surface area contributed by atoms with Crippen LogP contribution in [-0.2, 0) is 38.4 Å². The summed E-state index contributed by atoms with van der Waals surface area (Å²) in [5, 5.41) is 0.932. The standard InChI is InChI=1S/C31H32Cl2FN5O4/c32-23-7-6-22(26(33)17-23)11-14-37-20-30(42)39(16-10-21-4-8-24(34)9-5-21)27(18-29(37)41)31(43)38(19-28(35)40)15-12-25-3-1-2-13-36-25/h1-9,13,17,27H,10-12,14-16,18-20H2,(H2,35,40). The predicted molar refractivity (Wildman–Crippen MR) is 161 cm³/mol. The average molecular weight is 629 g/mol. The third kappa shape index (κ3) is 8.98. The number of nitrogens with zero attached hydrogens (tertiary/aromatic N) is 4. The van der Waals surface area contributed by atoms with Crippen LogP contribution >= 0.6 is 23.2 Å². The molecule has 0 radical (unpaired) electrons. The molecule has 1 aliphatic rings. The van der Waals surface area contributed by atoms with Crippen molar-refractivity contribution in [1.29, 1.82) is 0 Å². The van der Waals surface area contributed by atoms with Gasteiger partial charge in [-0.05, 0) is 60.4 Å². The Kier molecular flexibility index (Phi) is 11.1. The summed E-state index contributed by atoms with van der Waals surface area (Å²) in [7, 11) is 0. The van der Waals surface area contributed by atoms with E-state index in [4.69, 9.17) is 28.9 Å². The van der Waals surface area contributed by atoms with Crippen LogP contribution in [0.1, 0.15) is 23.2 Å². The van der Waals surface area contributed by atoms with Gasteiger partial charge in [0.1, 0.15) is 11.9 Å². The summed E-state index contributed by atoms with van der Waals surface area (Å²) in [5.74, 6) is -2.47. The van der Waals surface area contributed by atoms with E-state index in [9.17, 15) is 23.6 Å². The highest BCUT2D eigenvalue weighted by atomic mass is 35.5. The highest BCUT2D eigenvalue weighted by Crippen LogP contribution is 2.23. The van der Waals surface area contributed by atoms with Gasteiger partial charge in [-0.15, -0.1) is 0 Å². The number of benzene rings is 2. The number of aromatic nitrogens is 1. The molecule has 1 atom stereocenters. The fourth-order valence-corrected chi connectivity index (χ4v) is 5.47. The molecular formula is C31H32Cl2FN5O4. The Morgan fingerprint density at radius 3 is 2.42 bits per heavy atom. The fraction of sp³-hybridized carbons (Fsp3) is 0.323. The zero-order valence-corrected chi connectivity index (χ0v) is 24.9. The van der Waals surface area contributed by atoms with Crippen molar-refractivity contribution in [3.63, 3.8) is 0 Å². The summed E-state index contributed by atoms with van der Waals surface area (Å²) >= 11 is 12.3. The second-order valence-corrected chi connectivity index (χ2v) is 11.1. The zero-order chi connectivity index (χ0) is 30.9. The Morgan fingerprint density at radius 2 is 1.74 bits per heavy atom. The largest absolute Gasteiger partial charge is 0.368 e. The van der Waals surface area contributed by atoms with Crippen LogP contribution in [0.2, 0.25) is 10.0 Å². The molecule has 12 heteroatoms. The van der Waals surface area contributed by atoms with Crippen molar-refractivity contribution >= 4 is 46.8 Å². The van der Waals surface area contributed by atoms with Crippen LogP contribution < -0.4 is 5.73 Å². The number of nitrogens with two attached hydrogens (primary N) is 1. The number of halogens is 3. The maximum Gasteiger partial charge on any atom is 0.246 e. The van der Waals surface area contributed by atoms with Crippen molar-refractivity contribution in [1.82, 2.24) is 19.7 Å². The zero-order valence-electron chi connectivity index (χ0n) is 23.4. The molecule has 43 heavy (non-hydrogen) atoms. The number of carbonyl (C=O) groups excluding carboxylic acids is 4. The molecule has 226 valence electrons. The molecule has 1 aromatic heterocycles. The van der Waals surface area contributed by atoms with Crippen LogP contribution in [0.25, 0.3) is 0 Å². The van der Waals surface area contributed by atoms with Gasteiger partial charge in [0, 0.05) is 48.0 Å². The van der Waals surface area contributed by atoms with E-state index >= 15 is 0 Å². The molecule has 0 aliphatic carbocycles. The lowest BCUT2D eigenvalue weighted by Crippen LogP contribution is -2.53. The van der Waals surface area contributed by atoms with E-state index < -0.39 is 23.8 Å². The van der Waals surface area contributed by atoms with Crippen molar-refractivity contribution in [2.45, 2.75) is 31.7 Å². The smallest absolute Gasteiger partial charge is 0.246 e. The van der Waals surface area contributed by atoms with Gasteiger partial charge in [0.25, 0.3) is 0 Å². The van der Waals surface area contributed by atoms with Crippen LogP contribution in [0, 0.1) is 5.82 Å². The summed E-state index contributed by atoms with van der Waals surface area (Å²) in [6, 6.07) is 15.1. The van der Waals surface area contributed by atoms with Gasteiger partial charge < -0.3 is 20.4 Å². The maximum atomic E-state index is 14.0. The van der Waals surface area contributed by atoms with Gasteiger partial charge in [0.2, 0.25) is 23.6 Å². The van der Waals surface area contributed by atoms with Gasteiger partial charge in [0.05, 0.1) is 19.5 Å². The first-order valence-electron chi connectivity index (χ1n) is 13.8. The number of pyridine rings is 1. The monoisotopic (exact) mass is 627 g/mol. The number of hydrogen-bond acceptors (Lipinski definition) is 5. The number of primary amides is 1. The molecule has 4 rings (SSSR count). The molecule has 3 aromatic rings.